The third-order valence-corrected chi connectivity index (χ3v) is 5.50. The Kier molecular flexibility index (Phi) is 6.32. The van der Waals surface area contributed by atoms with Crippen LogP contribution in [0.15, 0.2) is 16.7 Å². The lowest BCUT2D eigenvalue weighted by Crippen LogP contribution is -2.30. The summed E-state index contributed by atoms with van der Waals surface area (Å²) < 4.78 is 10.6. The van der Waals surface area contributed by atoms with Crippen molar-refractivity contribution in [2.45, 2.75) is 41.0 Å². The molecule has 0 spiro atoms. The van der Waals surface area contributed by atoms with Crippen molar-refractivity contribution in [3.05, 3.63) is 33.1 Å². The van der Waals surface area contributed by atoms with Gasteiger partial charge < -0.3 is 14.6 Å². The quantitative estimate of drug-likeness (QED) is 0.581. The minimum absolute atomic E-state index is 0.275. The Morgan fingerprint density at radius 3 is 2.66 bits per heavy atom. The van der Waals surface area contributed by atoms with Gasteiger partial charge in [-0.25, -0.2) is 9.78 Å². The van der Waals surface area contributed by atoms with Crippen LogP contribution in [-0.2, 0) is 9.53 Å². The normalized spacial score (nSPS) is 11.2. The summed E-state index contributed by atoms with van der Waals surface area (Å²) >= 11 is 1.66. The maximum Gasteiger partial charge on any atom is 0.339 e. The second kappa shape index (κ2) is 8.73. The van der Waals surface area contributed by atoms with Crippen molar-refractivity contribution in [1.29, 1.82) is 0 Å². The molecule has 0 radical (unpaired) electrons. The monoisotopic (exact) mass is 415 g/mol. The summed E-state index contributed by atoms with van der Waals surface area (Å²) in [5.41, 5.74) is 2.66. The number of hydrogen-bond donors (Lipinski definition) is 1. The molecule has 3 heterocycles. The number of thiophene rings is 1. The number of hydrogen-bond acceptors (Lipinski definition) is 7. The Morgan fingerprint density at radius 1 is 1.24 bits per heavy atom. The number of pyridine rings is 1. The van der Waals surface area contributed by atoms with Crippen LogP contribution in [0.5, 0.6) is 0 Å². The number of ether oxygens (including phenoxy) is 1. The smallest absolute Gasteiger partial charge is 0.339 e. The van der Waals surface area contributed by atoms with E-state index < -0.39 is 5.97 Å². The van der Waals surface area contributed by atoms with E-state index in [-0.39, 0.29) is 18.2 Å². The van der Waals surface area contributed by atoms with Crippen molar-refractivity contribution in [3.8, 4) is 11.3 Å². The van der Waals surface area contributed by atoms with Crippen molar-refractivity contribution in [2.75, 3.05) is 13.2 Å². The van der Waals surface area contributed by atoms with E-state index in [0.29, 0.717) is 34.8 Å². The van der Waals surface area contributed by atoms with Crippen LogP contribution < -0.4 is 5.32 Å². The minimum Gasteiger partial charge on any atom is -0.452 e. The maximum atomic E-state index is 12.8. The number of rotatable bonds is 7. The number of carbonyl (C=O) groups is 2. The molecule has 0 aromatic carbocycles. The van der Waals surface area contributed by atoms with E-state index in [4.69, 9.17) is 9.26 Å². The average Bonchev–Trinajstić information content (AvgIpc) is 3.20. The van der Waals surface area contributed by atoms with E-state index in [1.54, 1.807) is 24.3 Å². The largest absolute Gasteiger partial charge is 0.452 e. The zero-order valence-electron chi connectivity index (χ0n) is 17.3. The van der Waals surface area contributed by atoms with Crippen LogP contribution in [0.25, 0.3) is 22.4 Å². The Morgan fingerprint density at radius 2 is 2.00 bits per heavy atom. The van der Waals surface area contributed by atoms with Crippen LogP contribution in [-0.4, -0.2) is 35.2 Å². The van der Waals surface area contributed by atoms with Gasteiger partial charge in [0.15, 0.2) is 6.61 Å². The molecule has 1 amide bonds. The maximum absolute atomic E-state index is 12.8. The Hall–Kier alpha value is -2.74. The van der Waals surface area contributed by atoms with Gasteiger partial charge in [0, 0.05) is 21.9 Å². The SMILES string of the molecule is Cc1cc(-c2cc(C(=O)OCC(=O)NCCC(C)C)c3c(C)noc3n2)c(C)s1. The van der Waals surface area contributed by atoms with Gasteiger partial charge in [-0.3, -0.25) is 4.79 Å². The van der Waals surface area contributed by atoms with Crippen LogP contribution in [0, 0.1) is 26.7 Å². The lowest BCUT2D eigenvalue weighted by Gasteiger charge is -2.09. The Labute approximate surface area is 173 Å². The molecule has 1 N–H and O–H groups in total. The molecule has 3 aromatic heterocycles. The van der Waals surface area contributed by atoms with Crippen LogP contribution in [0.4, 0.5) is 0 Å². The van der Waals surface area contributed by atoms with Gasteiger partial charge in [0.05, 0.1) is 22.3 Å². The summed E-state index contributed by atoms with van der Waals surface area (Å²) in [6.45, 7) is 10.1. The van der Waals surface area contributed by atoms with Crippen molar-refractivity contribution in [3.63, 3.8) is 0 Å². The van der Waals surface area contributed by atoms with Crippen molar-refractivity contribution >= 4 is 34.3 Å². The molecule has 0 aliphatic carbocycles. The van der Waals surface area contributed by atoms with E-state index in [2.05, 4.69) is 29.3 Å². The lowest BCUT2D eigenvalue weighted by molar-refractivity contribution is -0.124. The fourth-order valence-corrected chi connectivity index (χ4v) is 3.97. The number of nitrogens with zero attached hydrogens (tertiary/aromatic N) is 2. The van der Waals surface area contributed by atoms with Gasteiger partial charge in [-0.05, 0) is 45.2 Å². The lowest BCUT2D eigenvalue weighted by atomic mass is 10.1. The topological polar surface area (TPSA) is 94.3 Å². The Balaban J connectivity index is 1.84. The highest BCUT2D eigenvalue weighted by Gasteiger charge is 2.22. The molecule has 0 bridgehead atoms. The fourth-order valence-electron chi connectivity index (χ4n) is 3.04. The molecule has 0 aliphatic heterocycles. The van der Waals surface area contributed by atoms with E-state index in [1.807, 2.05) is 19.9 Å². The molecule has 0 unspecified atom stereocenters. The van der Waals surface area contributed by atoms with Crippen LogP contribution in [0.1, 0.15) is 46.1 Å². The summed E-state index contributed by atoms with van der Waals surface area (Å²) in [7, 11) is 0. The fraction of sp³-hybridized carbons (Fsp3) is 0.429. The highest BCUT2D eigenvalue weighted by atomic mass is 32.1. The first-order chi connectivity index (χ1) is 13.8. The molecular weight excluding hydrogens is 390 g/mol. The molecular formula is C21H25N3O4S. The molecule has 0 saturated carbocycles. The number of nitrogens with one attached hydrogen (secondary N) is 1. The number of aromatic nitrogens is 2. The van der Waals surface area contributed by atoms with Crippen LogP contribution in [0.2, 0.25) is 0 Å². The van der Waals surface area contributed by atoms with Gasteiger partial charge >= 0.3 is 5.97 Å². The summed E-state index contributed by atoms with van der Waals surface area (Å²) in [6, 6.07) is 3.70. The van der Waals surface area contributed by atoms with Crippen LogP contribution >= 0.6 is 11.3 Å². The highest BCUT2D eigenvalue weighted by molar-refractivity contribution is 7.12. The first-order valence-electron chi connectivity index (χ1n) is 9.54. The van der Waals surface area contributed by atoms with Gasteiger partial charge in [0.1, 0.15) is 0 Å². The molecule has 0 aliphatic rings. The third-order valence-electron chi connectivity index (χ3n) is 4.53. The molecule has 0 atom stereocenters. The van der Waals surface area contributed by atoms with E-state index in [1.165, 1.54) is 0 Å². The number of aryl methyl sites for hydroxylation is 3. The van der Waals surface area contributed by atoms with Gasteiger partial charge in [0.25, 0.3) is 11.6 Å². The number of amides is 1. The highest BCUT2D eigenvalue weighted by Crippen LogP contribution is 2.33. The van der Waals surface area contributed by atoms with Gasteiger partial charge in [-0.2, -0.15) is 0 Å². The predicted molar refractivity (Wildman–Crippen MR) is 112 cm³/mol. The van der Waals surface area contributed by atoms with Crippen molar-refractivity contribution in [2.24, 2.45) is 5.92 Å². The standard InChI is InChI=1S/C21H25N3O4S/c1-11(2)6-7-22-18(25)10-27-21(26)16-9-17(15-8-12(3)29-14(15)5)23-20-19(16)13(4)24-28-20/h8-9,11H,6-7,10H2,1-5H3,(H,22,25). The molecule has 7 nitrogen and oxygen atoms in total. The molecule has 8 heteroatoms. The van der Waals surface area contributed by atoms with Gasteiger partial charge in [0.2, 0.25) is 0 Å². The molecule has 3 rings (SSSR count). The van der Waals surface area contributed by atoms with Gasteiger partial charge in [-0.15, -0.1) is 11.3 Å². The summed E-state index contributed by atoms with van der Waals surface area (Å²) in [5, 5.41) is 7.19. The summed E-state index contributed by atoms with van der Waals surface area (Å²) in [4.78, 5) is 31.5. The van der Waals surface area contributed by atoms with Crippen molar-refractivity contribution in [1.82, 2.24) is 15.5 Å². The molecule has 3 aromatic rings. The predicted octanol–water partition coefficient (Wildman–Crippen LogP) is 4.20. The van der Waals surface area contributed by atoms with Crippen LogP contribution in [0.3, 0.4) is 0 Å². The first kappa shape index (κ1) is 21.0. The van der Waals surface area contributed by atoms with Crippen molar-refractivity contribution < 1.29 is 18.8 Å². The van der Waals surface area contributed by atoms with E-state index in [9.17, 15) is 9.59 Å². The second-order valence-electron chi connectivity index (χ2n) is 7.44. The summed E-state index contributed by atoms with van der Waals surface area (Å²) in [5.74, 6) is -0.438. The first-order valence-corrected chi connectivity index (χ1v) is 10.4. The third kappa shape index (κ3) is 4.82. The Bertz CT molecular complexity index is 1050. The zero-order valence-corrected chi connectivity index (χ0v) is 18.1. The second-order valence-corrected chi connectivity index (χ2v) is 8.90. The number of carbonyl (C=O) groups excluding carboxylic acids is 2. The van der Waals surface area contributed by atoms with E-state index >= 15 is 0 Å². The van der Waals surface area contributed by atoms with Gasteiger partial charge in [-0.1, -0.05) is 19.0 Å². The zero-order chi connectivity index (χ0) is 21.1. The molecule has 0 fully saturated rings. The average molecular weight is 416 g/mol. The number of fused-ring (bicyclic) bond motifs is 1. The molecule has 29 heavy (non-hydrogen) atoms. The molecule has 154 valence electrons. The minimum atomic E-state index is -0.603. The summed E-state index contributed by atoms with van der Waals surface area (Å²) in [6.07, 6.45) is 0.868. The number of esters is 1. The molecule has 0 saturated heterocycles. The van der Waals surface area contributed by atoms with E-state index in [0.717, 1.165) is 21.7 Å².